The van der Waals surface area contributed by atoms with Crippen molar-refractivity contribution in [1.82, 2.24) is 10.2 Å². The first-order chi connectivity index (χ1) is 9.63. The van der Waals surface area contributed by atoms with E-state index in [9.17, 15) is 4.79 Å². The Bertz CT molecular complexity index is 593. The van der Waals surface area contributed by atoms with Crippen LogP contribution in [-0.4, -0.2) is 29.3 Å². The van der Waals surface area contributed by atoms with Gasteiger partial charge in [-0.25, -0.2) is 14.7 Å². The van der Waals surface area contributed by atoms with Gasteiger partial charge in [0.25, 0.3) is 5.91 Å². The van der Waals surface area contributed by atoms with Gasteiger partial charge in [0.2, 0.25) is 5.89 Å². The van der Waals surface area contributed by atoms with Crippen molar-refractivity contribution in [1.29, 1.82) is 0 Å². The van der Waals surface area contributed by atoms with Crippen LogP contribution in [0.4, 0.5) is 0 Å². The monoisotopic (exact) mass is 298 g/mol. The quantitative estimate of drug-likeness (QED) is 0.767. The Morgan fingerprint density at radius 2 is 2.05 bits per heavy atom. The van der Waals surface area contributed by atoms with E-state index in [4.69, 9.17) is 25.7 Å². The number of aromatic nitrogens is 1. The molecule has 2 aromatic rings. The van der Waals surface area contributed by atoms with Gasteiger partial charge in [0.05, 0.1) is 13.2 Å². The number of rotatable bonds is 6. The predicted octanol–water partition coefficient (Wildman–Crippen LogP) is 2.76. The summed E-state index contributed by atoms with van der Waals surface area (Å²) in [5.41, 5.74) is 1.19. The van der Waals surface area contributed by atoms with Crippen molar-refractivity contribution in [2.75, 3.05) is 13.2 Å². The second-order valence-corrected chi connectivity index (χ2v) is 4.32. The van der Waals surface area contributed by atoms with Crippen LogP contribution in [0.15, 0.2) is 22.6 Å². The lowest BCUT2D eigenvalue weighted by molar-refractivity contribution is -0.338. The molecule has 0 saturated heterocycles. The molecule has 1 aromatic carbocycles. The first-order valence-electron chi connectivity index (χ1n) is 6.27. The molecule has 0 radical (unpaired) electrons. The largest absolute Gasteiger partial charge is 0.440 e. The highest BCUT2D eigenvalue weighted by Crippen LogP contribution is 2.20. The Balaban J connectivity index is 2.12. The van der Waals surface area contributed by atoms with Crippen molar-refractivity contribution in [3.8, 4) is 0 Å². The number of hydrogen-bond donors (Lipinski definition) is 0. The number of hydrogen-bond acceptors (Lipinski definition) is 5. The highest BCUT2D eigenvalue weighted by atomic mass is 35.5. The zero-order valence-electron chi connectivity index (χ0n) is 11.3. The van der Waals surface area contributed by atoms with Crippen LogP contribution in [0.1, 0.15) is 19.7 Å². The molecule has 6 nitrogen and oxygen atoms in total. The minimum atomic E-state index is -0.383. The summed E-state index contributed by atoms with van der Waals surface area (Å²) in [5, 5.41) is 1.42. The van der Waals surface area contributed by atoms with Crippen molar-refractivity contribution in [2.45, 2.75) is 20.3 Å². The summed E-state index contributed by atoms with van der Waals surface area (Å²) < 4.78 is 5.47. The lowest BCUT2D eigenvalue weighted by Gasteiger charge is -2.18. The van der Waals surface area contributed by atoms with Gasteiger partial charge in [-0.3, -0.25) is 4.79 Å². The summed E-state index contributed by atoms with van der Waals surface area (Å²) in [6.07, 6.45) is -0.0493. The fraction of sp³-hybridized carbons (Fsp3) is 0.385. The fourth-order valence-electron chi connectivity index (χ4n) is 1.63. The van der Waals surface area contributed by atoms with E-state index in [1.54, 1.807) is 32.0 Å². The molecular weight excluding hydrogens is 284 g/mol. The van der Waals surface area contributed by atoms with Crippen molar-refractivity contribution in [3.05, 3.63) is 29.1 Å². The Kier molecular flexibility index (Phi) is 4.94. The maximum absolute atomic E-state index is 12.0. The topological polar surface area (TPSA) is 64.8 Å². The van der Waals surface area contributed by atoms with Crippen molar-refractivity contribution < 1.29 is 18.9 Å². The number of amides is 1. The van der Waals surface area contributed by atoms with Crippen LogP contribution in [0.5, 0.6) is 0 Å². The van der Waals surface area contributed by atoms with E-state index in [2.05, 4.69) is 4.98 Å². The number of carbonyl (C=O) groups excluding carboxylic acids is 1. The maximum atomic E-state index is 12.0. The summed E-state index contributed by atoms with van der Waals surface area (Å²) in [5.74, 6) is -0.0944. The number of benzene rings is 1. The molecule has 0 spiro atoms. The average Bonchev–Trinajstić information content (AvgIpc) is 2.79. The van der Waals surface area contributed by atoms with Crippen LogP contribution >= 0.6 is 11.6 Å². The summed E-state index contributed by atoms with van der Waals surface area (Å²) in [7, 11) is 0. The third-order valence-electron chi connectivity index (χ3n) is 2.39. The normalized spacial score (nSPS) is 10.9. The summed E-state index contributed by atoms with van der Waals surface area (Å²) >= 11 is 5.86. The number of fused-ring (bicyclic) bond motifs is 1. The molecule has 1 amide bonds. The molecule has 1 heterocycles. The number of halogens is 1. The highest BCUT2D eigenvalue weighted by Gasteiger charge is 2.18. The molecule has 0 bridgehead atoms. The van der Waals surface area contributed by atoms with Crippen molar-refractivity contribution in [3.63, 3.8) is 0 Å². The maximum Gasteiger partial charge on any atom is 0.282 e. The summed E-state index contributed by atoms with van der Waals surface area (Å²) in [6.45, 7) is 4.19. The van der Waals surface area contributed by atoms with Gasteiger partial charge in [0.1, 0.15) is 11.9 Å². The predicted molar refractivity (Wildman–Crippen MR) is 72.8 cm³/mol. The minimum absolute atomic E-state index is 0.0493. The van der Waals surface area contributed by atoms with Crippen LogP contribution in [0.25, 0.3) is 11.1 Å². The summed E-state index contributed by atoms with van der Waals surface area (Å²) in [4.78, 5) is 26.4. The SMILES string of the molecule is CCON(OCC)C(=O)Cc1nc2ccc(Cl)cc2o1. The van der Waals surface area contributed by atoms with Gasteiger partial charge < -0.3 is 4.42 Å². The van der Waals surface area contributed by atoms with Gasteiger partial charge in [-0.1, -0.05) is 16.8 Å². The van der Waals surface area contributed by atoms with E-state index in [0.717, 1.165) is 5.23 Å². The molecule has 0 aliphatic carbocycles. The van der Waals surface area contributed by atoms with E-state index in [-0.39, 0.29) is 18.2 Å². The van der Waals surface area contributed by atoms with E-state index < -0.39 is 0 Å². The van der Waals surface area contributed by atoms with Gasteiger partial charge in [-0.05, 0) is 26.0 Å². The Labute approximate surface area is 121 Å². The first-order valence-corrected chi connectivity index (χ1v) is 6.65. The van der Waals surface area contributed by atoms with Gasteiger partial charge in [-0.15, -0.1) is 0 Å². The number of oxazole rings is 1. The van der Waals surface area contributed by atoms with Crippen molar-refractivity contribution in [2.24, 2.45) is 0 Å². The second-order valence-electron chi connectivity index (χ2n) is 3.88. The molecule has 0 fully saturated rings. The highest BCUT2D eigenvalue weighted by molar-refractivity contribution is 6.31. The Morgan fingerprint density at radius 1 is 1.35 bits per heavy atom. The van der Waals surface area contributed by atoms with E-state index >= 15 is 0 Å². The molecule has 0 aliphatic heterocycles. The lowest BCUT2D eigenvalue weighted by Crippen LogP contribution is -2.32. The first kappa shape index (κ1) is 14.8. The molecule has 0 aliphatic rings. The smallest absolute Gasteiger partial charge is 0.282 e. The van der Waals surface area contributed by atoms with Crippen LogP contribution in [0.3, 0.4) is 0 Å². The van der Waals surface area contributed by atoms with E-state index in [1.165, 1.54) is 0 Å². The molecule has 0 saturated carbocycles. The van der Waals surface area contributed by atoms with Crippen LogP contribution in [0.2, 0.25) is 5.02 Å². The molecule has 0 unspecified atom stereocenters. The standard InChI is InChI=1S/C13H15ClN2O4/c1-3-18-16(19-4-2)13(17)8-12-15-10-6-5-9(14)7-11(10)20-12/h5-7H,3-4,8H2,1-2H3. The number of nitrogens with zero attached hydrogens (tertiary/aromatic N) is 2. The van der Waals surface area contributed by atoms with Crippen LogP contribution < -0.4 is 0 Å². The molecule has 20 heavy (non-hydrogen) atoms. The van der Waals surface area contributed by atoms with Crippen molar-refractivity contribution >= 4 is 28.6 Å². The Morgan fingerprint density at radius 3 is 2.70 bits per heavy atom. The zero-order chi connectivity index (χ0) is 14.5. The van der Waals surface area contributed by atoms with Gasteiger partial charge >= 0.3 is 0 Å². The van der Waals surface area contributed by atoms with Crippen LogP contribution in [-0.2, 0) is 20.9 Å². The fourth-order valence-corrected chi connectivity index (χ4v) is 1.79. The molecule has 108 valence electrons. The van der Waals surface area contributed by atoms with Gasteiger partial charge in [-0.2, -0.15) is 0 Å². The second kappa shape index (κ2) is 6.69. The number of carbonyl (C=O) groups is 1. The lowest BCUT2D eigenvalue weighted by atomic mass is 10.3. The molecule has 0 N–H and O–H groups in total. The van der Waals surface area contributed by atoms with Gasteiger partial charge in [0.15, 0.2) is 5.58 Å². The molecule has 2 rings (SSSR count). The average molecular weight is 299 g/mol. The number of hydroxylamine groups is 2. The molecule has 0 atom stereocenters. The molecular formula is C13H15ClN2O4. The minimum Gasteiger partial charge on any atom is -0.440 e. The Hall–Kier alpha value is -1.63. The third kappa shape index (κ3) is 3.47. The van der Waals surface area contributed by atoms with E-state index in [1.807, 2.05) is 0 Å². The summed E-state index contributed by atoms with van der Waals surface area (Å²) in [6, 6.07) is 5.10. The molecule has 7 heteroatoms. The molecule has 1 aromatic heterocycles. The zero-order valence-corrected chi connectivity index (χ0v) is 12.0. The van der Waals surface area contributed by atoms with E-state index in [0.29, 0.717) is 29.3 Å². The third-order valence-corrected chi connectivity index (χ3v) is 2.63. The van der Waals surface area contributed by atoms with Crippen LogP contribution in [0, 0.1) is 0 Å². The van der Waals surface area contributed by atoms with Gasteiger partial charge in [0, 0.05) is 11.1 Å².